The van der Waals surface area contributed by atoms with E-state index in [0.29, 0.717) is 5.56 Å². The lowest BCUT2D eigenvalue weighted by Crippen LogP contribution is -2.38. The van der Waals surface area contributed by atoms with Crippen LogP contribution in [0.15, 0.2) is 109 Å². The molecule has 2 heteroatoms. The van der Waals surface area contributed by atoms with Gasteiger partial charge in [0.25, 0.3) is 0 Å². The van der Waals surface area contributed by atoms with Crippen LogP contribution in [0.3, 0.4) is 0 Å². The van der Waals surface area contributed by atoms with Crippen molar-refractivity contribution in [1.82, 2.24) is 0 Å². The largest absolute Gasteiger partial charge is 0.295 e. The molecule has 0 N–H and O–H groups in total. The van der Waals surface area contributed by atoms with Gasteiger partial charge in [-0.25, -0.2) is 0 Å². The van der Waals surface area contributed by atoms with E-state index >= 15 is 0 Å². The first-order chi connectivity index (χ1) is 16.6. The van der Waals surface area contributed by atoms with Gasteiger partial charge in [0, 0.05) is 5.56 Å². The number of rotatable bonds is 3. The topological polar surface area (TPSA) is 34.1 Å². The summed E-state index contributed by atoms with van der Waals surface area (Å²) in [6, 6.07) is 34.5. The minimum atomic E-state index is -0.984. The number of hydrogen-bond acceptors (Lipinski definition) is 2. The molecule has 0 saturated heterocycles. The van der Waals surface area contributed by atoms with Crippen molar-refractivity contribution >= 4 is 28.8 Å². The van der Waals surface area contributed by atoms with Crippen molar-refractivity contribution in [2.75, 3.05) is 0 Å². The predicted molar refractivity (Wildman–Crippen MR) is 137 cm³/mol. The Hall–Kier alpha value is -4.30. The van der Waals surface area contributed by atoms with E-state index in [4.69, 9.17) is 0 Å². The fourth-order valence-corrected chi connectivity index (χ4v) is 5.58. The molecule has 2 aliphatic carbocycles. The molecule has 1 unspecified atom stereocenters. The number of ketones is 2. The summed E-state index contributed by atoms with van der Waals surface area (Å²) in [4.78, 5) is 26.3. The van der Waals surface area contributed by atoms with Crippen molar-refractivity contribution in [2.24, 2.45) is 0 Å². The second-order valence-corrected chi connectivity index (χ2v) is 8.83. The molecule has 0 heterocycles. The Morgan fingerprint density at radius 3 is 2.03 bits per heavy atom. The predicted octanol–water partition coefficient (Wildman–Crippen LogP) is 6.74. The van der Waals surface area contributed by atoms with E-state index in [-0.39, 0.29) is 11.6 Å². The molecule has 0 aromatic heterocycles. The van der Waals surface area contributed by atoms with Gasteiger partial charge in [0.2, 0.25) is 0 Å². The summed E-state index contributed by atoms with van der Waals surface area (Å²) in [5, 5.41) is 0. The average molecular weight is 439 g/mol. The van der Waals surface area contributed by atoms with E-state index in [1.807, 2.05) is 72.8 Å². The Balaban J connectivity index is 1.79. The standard InChI is InChI=1S/C32H22O2/c1-21(33)24-16-18-27-25(20-24)17-19-29(34)32(27)28-15-9-8-14-26(28)30(22-10-4-2-5-11-22)31(32)23-12-6-3-7-13-23/h2-20H,1H3. The molecule has 4 aromatic carbocycles. The molecule has 2 aliphatic rings. The molecule has 6 rings (SSSR count). The van der Waals surface area contributed by atoms with Crippen LogP contribution in [0, 0.1) is 0 Å². The first-order valence-corrected chi connectivity index (χ1v) is 11.5. The molecule has 0 fully saturated rings. The number of hydrogen-bond donors (Lipinski definition) is 0. The zero-order valence-corrected chi connectivity index (χ0v) is 18.8. The van der Waals surface area contributed by atoms with Crippen LogP contribution in [0.2, 0.25) is 0 Å². The van der Waals surface area contributed by atoms with Gasteiger partial charge < -0.3 is 0 Å². The van der Waals surface area contributed by atoms with Gasteiger partial charge in [-0.05, 0) is 63.6 Å². The third-order valence-electron chi connectivity index (χ3n) is 7.00. The summed E-state index contributed by atoms with van der Waals surface area (Å²) in [6.07, 6.45) is 3.53. The van der Waals surface area contributed by atoms with E-state index < -0.39 is 5.41 Å². The average Bonchev–Trinajstić information content (AvgIpc) is 3.19. The highest BCUT2D eigenvalue weighted by Crippen LogP contribution is 2.58. The Labute approximate surface area is 198 Å². The Kier molecular flexibility index (Phi) is 4.56. The summed E-state index contributed by atoms with van der Waals surface area (Å²) >= 11 is 0. The third kappa shape index (κ3) is 2.75. The van der Waals surface area contributed by atoms with E-state index in [2.05, 4.69) is 36.4 Å². The molecule has 4 aromatic rings. The van der Waals surface area contributed by atoms with Gasteiger partial charge >= 0.3 is 0 Å². The molecule has 34 heavy (non-hydrogen) atoms. The fraction of sp³-hybridized carbons (Fsp3) is 0.0625. The van der Waals surface area contributed by atoms with E-state index in [1.165, 1.54) is 0 Å². The van der Waals surface area contributed by atoms with Gasteiger partial charge in [0.1, 0.15) is 5.41 Å². The summed E-state index contributed by atoms with van der Waals surface area (Å²) in [6.45, 7) is 1.57. The lowest BCUT2D eigenvalue weighted by atomic mass is 9.63. The van der Waals surface area contributed by atoms with Crippen molar-refractivity contribution in [2.45, 2.75) is 12.3 Å². The highest BCUT2D eigenvalue weighted by atomic mass is 16.1. The van der Waals surface area contributed by atoms with Crippen LogP contribution in [0.5, 0.6) is 0 Å². The van der Waals surface area contributed by atoms with E-state index in [9.17, 15) is 9.59 Å². The summed E-state index contributed by atoms with van der Waals surface area (Å²) in [5.41, 5.74) is 7.70. The first kappa shape index (κ1) is 20.3. The number of carbonyl (C=O) groups is 2. The van der Waals surface area contributed by atoms with Crippen molar-refractivity contribution < 1.29 is 9.59 Å². The molecule has 2 nitrogen and oxygen atoms in total. The van der Waals surface area contributed by atoms with E-state index in [0.717, 1.165) is 44.5 Å². The maximum Gasteiger partial charge on any atom is 0.175 e. The molecule has 0 saturated carbocycles. The van der Waals surface area contributed by atoms with E-state index in [1.54, 1.807) is 13.0 Å². The molecule has 0 aliphatic heterocycles. The number of Topliss-reactive ketones (excluding diaryl/α,β-unsaturated/α-hetero) is 1. The quantitative estimate of drug-likeness (QED) is 0.332. The van der Waals surface area contributed by atoms with Crippen molar-refractivity contribution in [1.29, 1.82) is 0 Å². The van der Waals surface area contributed by atoms with Gasteiger partial charge in [-0.1, -0.05) is 103 Å². The van der Waals surface area contributed by atoms with Crippen LogP contribution < -0.4 is 0 Å². The lowest BCUT2D eigenvalue weighted by molar-refractivity contribution is -0.116. The second kappa shape index (κ2) is 7.64. The fourth-order valence-electron chi connectivity index (χ4n) is 5.58. The summed E-state index contributed by atoms with van der Waals surface area (Å²) in [5.74, 6) is 0.0468. The monoisotopic (exact) mass is 438 g/mol. The summed E-state index contributed by atoms with van der Waals surface area (Å²) < 4.78 is 0. The zero-order valence-electron chi connectivity index (χ0n) is 18.8. The Bertz CT molecular complexity index is 1520. The summed E-state index contributed by atoms with van der Waals surface area (Å²) in [7, 11) is 0. The third-order valence-corrected chi connectivity index (χ3v) is 7.00. The maximum absolute atomic E-state index is 14.1. The molecular weight excluding hydrogens is 416 g/mol. The zero-order chi connectivity index (χ0) is 23.3. The van der Waals surface area contributed by atoms with Crippen molar-refractivity contribution in [3.63, 3.8) is 0 Å². The minimum Gasteiger partial charge on any atom is -0.295 e. The van der Waals surface area contributed by atoms with Crippen LogP contribution in [0.1, 0.15) is 50.7 Å². The maximum atomic E-state index is 14.1. The molecular formula is C32H22O2. The Morgan fingerprint density at radius 2 is 1.32 bits per heavy atom. The van der Waals surface area contributed by atoms with Gasteiger partial charge in [-0.2, -0.15) is 0 Å². The van der Waals surface area contributed by atoms with Crippen LogP contribution in [-0.4, -0.2) is 11.6 Å². The van der Waals surface area contributed by atoms with Gasteiger partial charge in [-0.15, -0.1) is 0 Å². The van der Waals surface area contributed by atoms with Crippen molar-refractivity contribution in [3.8, 4) is 0 Å². The first-order valence-electron chi connectivity index (χ1n) is 11.5. The number of fused-ring (bicyclic) bond motifs is 4. The van der Waals surface area contributed by atoms with Crippen LogP contribution in [0.4, 0.5) is 0 Å². The second-order valence-electron chi connectivity index (χ2n) is 8.83. The Morgan fingerprint density at radius 1 is 0.676 bits per heavy atom. The smallest absolute Gasteiger partial charge is 0.175 e. The molecule has 162 valence electrons. The molecule has 0 bridgehead atoms. The number of benzene rings is 4. The minimum absolute atomic E-state index is 0.0118. The van der Waals surface area contributed by atoms with Crippen molar-refractivity contribution in [3.05, 3.63) is 148 Å². The SMILES string of the molecule is CC(=O)c1ccc2c(c1)C=CC(=O)C21C(c2ccccc2)=C(c2ccccc2)c2ccccc21. The van der Waals surface area contributed by atoms with Gasteiger partial charge in [0.15, 0.2) is 11.6 Å². The van der Waals surface area contributed by atoms with Gasteiger partial charge in [-0.3, -0.25) is 9.59 Å². The highest BCUT2D eigenvalue weighted by Gasteiger charge is 2.53. The number of carbonyl (C=O) groups excluding carboxylic acids is 2. The molecule has 1 spiro atoms. The van der Waals surface area contributed by atoms with Crippen LogP contribution in [0.25, 0.3) is 17.2 Å². The molecule has 0 amide bonds. The number of allylic oxidation sites excluding steroid dienone is 2. The normalized spacial score (nSPS) is 18.2. The molecule has 0 radical (unpaired) electrons. The molecule has 1 atom stereocenters. The van der Waals surface area contributed by atoms with Crippen LogP contribution >= 0.6 is 0 Å². The lowest BCUT2D eigenvalue weighted by Gasteiger charge is -2.36. The van der Waals surface area contributed by atoms with Crippen LogP contribution in [-0.2, 0) is 10.2 Å². The highest BCUT2D eigenvalue weighted by molar-refractivity contribution is 6.25. The van der Waals surface area contributed by atoms with Gasteiger partial charge in [0.05, 0.1) is 0 Å².